The van der Waals surface area contributed by atoms with Gasteiger partial charge >= 0.3 is 12.0 Å². The summed E-state index contributed by atoms with van der Waals surface area (Å²) in [5.74, 6) is -1.73. The van der Waals surface area contributed by atoms with E-state index in [1.165, 1.54) is 24.4 Å². The van der Waals surface area contributed by atoms with E-state index in [2.05, 4.69) is 15.6 Å². The van der Waals surface area contributed by atoms with Gasteiger partial charge in [-0.05, 0) is 42.8 Å². The Morgan fingerprint density at radius 1 is 1.24 bits per heavy atom. The number of carbonyl (C=O) groups is 2. The SMILES string of the molecule is Cc1cc(F)cc(NC(=O)Nc2cccnc2C(=O)O)c1. The molecule has 0 spiro atoms. The van der Waals surface area contributed by atoms with Crippen molar-refractivity contribution in [1.82, 2.24) is 4.98 Å². The highest BCUT2D eigenvalue weighted by atomic mass is 19.1. The lowest BCUT2D eigenvalue weighted by atomic mass is 10.2. The van der Waals surface area contributed by atoms with Crippen LogP contribution >= 0.6 is 0 Å². The van der Waals surface area contributed by atoms with Gasteiger partial charge in [0, 0.05) is 11.9 Å². The van der Waals surface area contributed by atoms with E-state index in [0.717, 1.165) is 6.07 Å². The van der Waals surface area contributed by atoms with Gasteiger partial charge in [-0.3, -0.25) is 0 Å². The Morgan fingerprint density at radius 2 is 2.00 bits per heavy atom. The van der Waals surface area contributed by atoms with Crippen LogP contribution in [-0.4, -0.2) is 22.1 Å². The molecule has 0 aliphatic carbocycles. The minimum atomic E-state index is -1.26. The van der Waals surface area contributed by atoms with Crippen LogP contribution in [0.15, 0.2) is 36.5 Å². The van der Waals surface area contributed by atoms with Crippen LogP contribution in [0.3, 0.4) is 0 Å². The van der Waals surface area contributed by atoms with E-state index in [1.54, 1.807) is 13.0 Å². The number of aromatic carboxylic acids is 1. The standard InChI is InChI=1S/C14H12FN3O3/c1-8-5-9(15)7-10(6-8)17-14(21)18-11-3-2-4-16-12(11)13(19)20/h2-7H,1H3,(H,19,20)(H2,17,18,21). The zero-order valence-electron chi connectivity index (χ0n) is 11.1. The maximum atomic E-state index is 13.2. The predicted molar refractivity (Wildman–Crippen MR) is 75.0 cm³/mol. The first-order valence-electron chi connectivity index (χ1n) is 5.99. The van der Waals surface area contributed by atoms with Crippen LogP contribution in [0.4, 0.5) is 20.6 Å². The number of carboxylic acids is 1. The maximum absolute atomic E-state index is 13.2. The number of carbonyl (C=O) groups excluding carboxylic acids is 1. The molecule has 0 bridgehead atoms. The molecule has 0 saturated carbocycles. The van der Waals surface area contributed by atoms with Gasteiger partial charge in [0.1, 0.15) is 5.82 Å². The largest absolute Gasteiger partial charge is 0.476 e. The van der Waals surface area contributed by atoms with Crippen molar-refractivity contribution in [3.8, 4) is 0 Å². The van der Waals surface area contributed by atoms with Crippen molar-refractivity contribution >= 4 is 23.4 Å². The molecule has 2 aromatic rings. The molecule has 0 aliphatic heterocycles. The second-order valence-electron chi connectivity index (χ2n) is 4.30. The molecule has 0 fully saturated rings. The Kier molecular flexibility index (Phi) is 4.13. The minimum absolute atomic E-state index is 0.0515. The molecule has 1 aromatic carbocycles. The Balaban J connectivity index is 2.14. The van der Waals surface area contributed by atoms with Crippen LogP contribution in [0.25, 0.3) is 0 Å². The lowest BCUT2D eigenvalue weighted by Gasteiger charge is -2.09. The number of benzene rings is 1. The molecule has 0 radical (unpaired) electrons. The van der Waals surface area contributed by atoms with Gasteiger partial charge in [-0.15, -0.1) is 0 Å². The molecule has 21 heavy (non-hydrogen) atoms. The van der Waals surface area contributed by atoms with Crippen LogP contribution in [0, 0.1) is 12.7 Å². The fourth-order valence-corrected chi connectivity index (χ4v) is 1.77. The van der Waals surface area contributed by atoms with E-state index in [4.69, 9.17) is 5.11 Å². The first-order valence-corrected chi connectivity index (χ1v) is 5.99. The topological polar surface area (TPSA) is 91.3 Å². The van der Waals surface area contributed by atoms with Crippen molar-refractivity contribution in [3.63, 3.8) is 0 Å². The third-order valence-electron chi connectivity index (χ3n) is 2.56. The zero-order chi connectivity index (χ0) is 15.4. The number of aromatic nitrogens is 1. The zero-order valence-corrected chi connectivity index (χ0v) is 11.1. The van der Waals surface area contributed by atoms with Crippen molar-refractivity contribution in [1.29, 1.82) is 0 Å². The first kappa shape index (κ1) is 14.4. The molecule has 1 heterocycles. The average Bonchev–Trinajstić information content (AvgIpc) is 2.37. The summed E-state index contributed by atoms with van der Waals surface area (Å²) in [6, 6.07) is 6.29. The first-order chi connectivity index (χ1) is 9.95. The molecular weight excluding hydrogens is 277 g/mol. The number of carboxylic acid groups (broad SMARTS) is 1. The number of hydrogen-bond donors (Lipinski definition) is 3. The molecule has 2 rings (SSSR count). The van der Waals surface area contributed by atoms with E-state index in [-0.39, 0.29) is 17.1 Å². The highest BCUT2D eigenvalue weighted by Gasteiger charge is 2.13. The van der Waals surface area contributed by atoms with Crippen LogP contribution in [-0.2, 0) is 0 Å². The molecule has 0 unspecified atom stereocenters. The van der Waals surface area contributed by atoms with Crippen molar-refractivity contribution in [2.45, 2.75) is 6.92 Å². The van der Waals surface area contributed by atoms with Crippen LogP contribution in [0.5, 0.6) is 0 Å². The van der Waals surface area contributed by atoms with E-state index in [0.29, 0.717) is 5.56 Å². The summed E-state index contributed by atoms with van der Waals surface area (Å²) in [7, 11) is 0. The monoisotopic (exact) mass is 289 g/mol. The van der Waals surface area contributed by atoms with Gasteiger partial charge in [0.15, 0.2) is 5.69 Å². The Hall–Kier alpha value is -2.96. The van der Waals surface area contributed by atoms with Crippen molar-refractivity contribution < 1.29 is 19.1 Å². The number of urea groups is 1. The number of pyridine rings is 1. The number of amides is 2. The highest BCUT2D eigenvalue weighted by molar-refractivity contribution is 6.03. The van der Waals surface area contributed by atoms with Crippen LogP contribution in [0.1, 0.15) is 16.1 Å². The summed E-state index contributed by atoms with van der Waals surface area (Å²) in [5, 5.41) is 13.7. The number of halogens is 1. The predicted octanol–water partition coefficient (Wildman–Crippen LogP) is 2.87. The number of nitrogens with one attached hydrogen (secondary N) is 2. The van der Waals surface area contributed by atoms with Crippen LogP contribution in [0.2, 0.25) is 0 Å². The van der Waals surface area contributed by atoms with Gasteiger partial charge in [-0.1, -0.05) is 0 Å². The van der Waals surface area contributed by atoms with Gasteiger partial charge in [0.2, 0.25) is 0 Å². The van der Waals surface area contributed by atoms with Crippen LogP contribution < -0.4 is 10.6 Å². The van der Waals surface area contributed by atoms with E-state index in [1.807, 2.05) is 0 Å². The smallest absolute Gasteiger partial charge is 0.356 e. The molecule has 3 N–H and O–H groups in total. The van der Waals surface area contributed by atoms with E-state index < -0.39 is 17.8 Å². The fourth-order valence-electron chi connectivity index (χ4n) is 1.77. The van der Waals surface area contributed by atoms with Gasteiger partial charge < -0.3 is 15.7 Å². The summed E-state index contributed by atoms with van der Waals surface area (Å²) in [6.45, 7) is 1.69. The lowest BCUT2D eigenvalue weighted by Crippen LogP contribution is -2.21. The molecule has 2 amide bonds. The fraction of sp³-hybridized carbons (Fsp3) is 0.0714. The third kappa shape index (κ3) is 3.75. The highest BCUT2D eigenvalue weighted by Crippen LogP contribution is 2.15. The summed E-state index contributed by atoms with van der Waals surface area (Å²) in [6.07, 6.45) is 1.31. The Labute approximate surface area is 119 Å². The van der Waals surface area contributed by atoms with E-state index in [9.17, 15) is 14.0 Å². The molecule has 0 atom stereocenters. The summed E-state index contributed by atoms with van der Waals surface area (Å²) in [5.41, 5.74) is 0.697. The van der Waals surface area contributed by atoms with Gasteiger partial charge in [-0.25, -0.2) is 19.0 Å². The maximum Gasteiger partial charge on any atom is 0.356 e. The molecule has 7 heteroatoms. The molecule has 108 valence electrons. The summed E-state index contributed by atoms with van der Waals surface area (Å²) < 4.78 is 13.2. The van der Waals surface area contributed by atoms with Crippen molar-refractivity contribution in [2.75, 3.05) is 10.6 Å². The lowest BCUT2D eigenvalue weighted by molar-refractivity contribution is 0.0691. The molecule has 0 aliphatic rings. The Morgan fingerprint density at radius 3 is 2.67 bits per heavy atom. The second-order valence-corrected chi connectivity index (χ2v) is 4.30. The number of aryl methyl sites for hydroxylation is 1. The molecular formula is C14H12FN3O3. The average molecular weight is 289 g/mol. The molecule has 1 aromatic heterocycles. The molecule has 6 nitrogen and oxygen atoms in total. The summed E-state index contributed by atoms with van der Waals surface area (Å²) >= 11 is 0. The number of hydrogen-bond acceptors (Lipinski definition) is 3. The minimum Gasteiger partial charge on any atom is -0.476 e. The normalized spacial score (nSPS) is 10.0. The molecule has 0 saturated heterocycles. The van der Waals surface area contributed by atoms with Gasteiger partial charge in [0.05, 0.1) is 5.69 Å². The number of nitrogens with zero attached hydrogens (tertiary/aromatic N) is 1. The van der Waals surface area contributed by atoms with Gasteiger partial charge in [0.25, 0.3) is 0 Å². The second kappa shape index (κ2) is 6.00. The Bertz CT molecular complexity index is 683. The number of rotatable bonds is 3. The van der Waals surface area contributed by atoms with Gasteiger partial charge in [-0.2, -0.15) is 0 Å². The number of anilines is 2. The quantitative estimate of drug-likeness (QED) is 0.810. The van der Waals surface area contributed by atoms with E-state index >= 15 is 0 Å². The summed E-state index contributed by atoms with van der Waals surface area (Å²) in [4.78, 5) is 26.4. The van der Waals surface area contributed by atoms with Crippen molar-refractivity contribution in [2.24, 2.45) is 0 Å². The van der Waals surface area contributed by atoms with Crippen molar-refractivity contribution in [3.05, 3.63) is 53.6 Å². The third-order valence-corrected chi connectivity index (χ3v) is 2.56.